The first-order chi connectivity index (χ1) is 10.2. The molecule has 1 heterocycles. The number of carbonyl (C=O) groups excluding carboxylic acids is 1. The molecule has 1 N–H and O–H groups in total. The molecule has 2 aromatic rings. The minimum Gasteiger partial charge on any atom is -0.469 e. The summed E-state index contributed by atoms with van der Waals surface area (Å²) in [4.78, 5) is 12.1. The van der Waals surface area contributed by atoms with Crippen molar-refractivity contribution < 1.29 is 9.53 Å². The molecule has 0 aromatic heterocycles. The summed E-state index contributed by atoms with van der Waals surface area (Å²) in [5.41, 5.74) is 1.67. The van der Waals surface area contributed by atoms with Gasteiger partial charge in [-0.15, -0.1) is 0 Å². The maximum Gasteiger partial charge on any atom is 0.191 e. The Balaban J connectivity index is 1.71. The molecule has 0 spiro atoms. The molecule has 3 nitrogen and oxygen atoms in total. The molecule has 1 saturated heterocycles. The van der Waals surface area contributed by atoms with Gasteiger partial charge in [-0.2, -0.15) is 0 Å². The van der Waals surface area contributed by atoms with Gasteiger partial charge >= 0.3 is 0 Å². The molecular weight excluding hydrogens is 286 g/mol. The third-order valence-corrected chi connectivity index (χ3v) is 3.55. The molecule has 0 radical (unpaired) electrons. The molecular formula is C17H14ClNO2. The Hall–Kier alpha value is -2.26. The van der Waals surface area contributed by atoms with E-state index in [-0.39, 0.29) is 11.9 Å². The molecule has 1 aliphatic rings. The van der Waals surface area contributed by atoms with E-state index >= 15 is 0 Å². The van der Waals surface area contributed by atoms with Crippen molar-refractivity contribution in [3.05, 3.63) is 82.7 Å². The quantitative estimate of drug-likeness (QED) is 0.693. The smallest absolute Gasteiger partial charge is 0.191 e. The largest absolute Gasteiger partial charge is 0.469 e. The first-order valence-electron chi connectivity index (χ1n) is 6.69. The minimum atomic E-state index is -0.108. The van der Waals surface area contributed by atoms with Crippen LogP contribution < -0.4 is 5.32 Å². The van der Waals surface area contributed by atoms with Crippen LogP contribution in [0.25, 0.3) is 0 Å². The predicted octanol–water partition coefficient (Wildman–Crippen LogP) is 3.73. The Bertz CT molecular complexity index is 665. The van der Waals surface area contributed by atoms with Crippen LogP contribution in [0, 0.1) is 0 Å². The molecule has 0 saturated carbocycles. The lowest BCUT2D eigenvalue weighted by atomic mass is 10.1. The summed E-state index contributed by atoms with van der Waals surface area (Å²) in [6.07, 6.45) is 1.42. The van der Waals surface area contributed by atoms with Crippen LogP contribution in [0.15, 0.2) is 66.6 Å². The fourth-order valence-electron chi connectivity index (χ4n) is 2.19. The van der Waals surface area contributed by atoms with Gasteiger partial charge < -0.3 is 10.1 Å². The zero-order valence-corrected chi connectivity index (χ0v) is 12.0. The highest BCUT2D eigenvalue weighted by atomic mass is 35.5. The van der Waals surface area contributed by atoms with E-state index in [1.807, 2.05) is 30.3 Å². The lowest BCUT2D eigenvalue weighted by Crippen LogP contribution is -2.08. The van der Waals surface area contributed by atoms with Crippen molar-refractivity contribution in [2.45, 2.75) is 6.10 Å². The van der Waals surface area contributed by atoms with Gasteiger partial charge in [-0.25, -0.2) is 0 Å². The van der Waals surface area contributed by atoms with Crippen molar-refractivity contribution in [3.63, 3.8) is 0 Å². The van der Waals surface area contributed by atoms with Gasteiger partial charge in [0.2, 0.25) is 0 Å². The second kappa shape index (κ2) is 6.02. The molecule has 4 heteroatoms. The average molecular weight is 300 g/mol. The number of allylic oxidation sites excluding steroid dienone is 1. The monoisotopic (exact) mass is 299 g/mol. The van der Waals surface area contributed by atoms with Gasteiger partial charge in [-0.05, 0) is 29.8 Å². The number of benzene rings is 2. The summed E-state index contributed by atoms with van der Waals surface area (Å²) >= 11 is 5.81. The van der Waals surface area contributed by atoms with Crippen LogP contribution >= 0.6 is 11.6 Å². The zero-order valence-electron chi connectivity index (χ0n) is 11.3. The number of rotatable bonds is 3. The number of ketones is 1. The van der Waals surface area contributed by atoms with Crippen LogP contribution in [0.2, 0.25) is 5.02 Å². The molecule has 1 fully saturated rings. The maximum atomic E-state index is 12.1. The summed E-state index contributed by atoms with van der Waals surface area (Å²) in [5, 5.41) is 3.72. The van der Waals surface area contributed by atoms with Crippen molar-refractivity contribution in [1.29, 1.82) is 0 Å². The fraction of sp³-hybridized carbons (Fsp3) is 0.118. The van der Waals surface area contributed by atoms with Crippen LogP contribution in [-0.4, -0.2) is 12.3 Å². The second-order valence-electron chi connectivity index (χ2n) is 4.78. The molecule has 0 amide bonds. The molecule has 1 aliphatic heterocycles. The predicted molar refractivity (Wildman–Crippen MR) is 82.1 cm³/mol. The highest BCUT2D eigenvalue weighted by molar-refractivity contribution is 6.30. The molecule has 21 heavy (non-hydrogen) atoms. The van der Waals surface area contributed by atoms with Crippen LogP contribution in [0.4, 0.5) is 0 Å². The first kappa shape index (κ1) is 13.7. The number of carbonyl (C=O) groups is 1. The molecule has 1 atom stereocenters. The van der Waals surface area contributed by atoms with Gasteiger partial charge in [0, 0.05) is 16.7 Å². The lowest BCUT2D eigenvalue weighted by molar-refractivity contribution is 0.103. The van der Waals surface area contributed by atoms with Crippen molar-refractivity contribution in [1.82, 2.24) is 5.32 Å². The van der Waals surface area contributed by atoms with E-state index in [2.05, 4.69) is 5.32 Å². The first-order valence-corrected chi connectivity index (χ1v) is 7.07. The molecule has 0 unspecified atom stereocenters. The van der Waals surface area contributed by atoms with Gasteiger partial charge in [-0.1, -0.05) is 41.9 Å². The van der Waals surface area contributed by atoms with Crippen molar-refractivity contribution in [2.75, 3.05) is 6.54 Å². The summed E-state index contributed by atoms with van der Waals surface area (Å²) < 4.78 is 5.77. The maximum absolute atomic E-state index is 12.1. The van der Waals surface area contributed by atoms with Crippen LogP contribution in [-0.2, 0) is 4.74 Å². The third-order valence-electron chi connectivity index (χ3n) is 3.29. The number of hydrogen-bond donors (Lipinski definition) is 1. The topological polar surface area (TPSA) is 38.3 Å². The molecule has 106 valence electrons. The van der Waals surface area contributed by atoms with E-state index in [0.29, 0.717) is 23.0 Å². The van der Waals surface area contributed by atoms with E-state index in [0.717, 1.165) is 5.56 Å². The number of ether oxygens (including phenoxy) is 1. The fourth-order valence-corrected chi connectivity index (χ4v) is 2.31. The van der Waals surface area contributed by atoms with Crippen LogP contribution in [0.1, 0.15) is 22.0 Å². The Kier molecular flexibility index (Phi) is 3.93. The van der Waals surface area contributed by atoms with Gasteiger partial charge in [0.1, 0.15) is 6.10 Å². The van der Waals surface area contributed by atoms with E-state index in [1.165, 1.54) is 6.08 Å². The highest BCUT2D eigenvalue weighted by Gasteiger charge is 2.22. The number of nitrogens with one attached hydrogen (secondary N) is 1. The normalized spacial score (nSPS) is 19.1. The number of hydrogen-bond acceptors (Lipinski definition) is 3. The van der Waals surface area contributed by atoms with Gasteiger partial charge in [-0.3, -0.25) is 4.79 Å². The second-order valence-corrected chi connectivity index (χ2v) is 5.21. The molecule has 0 aliphatic carbocycles. The zero-order chi connectivity index (χ0) is 14.7. The van der Waals surface area contributed by atoms with Gasteiger partial charge in [0.05, 0.1) is 6.54 Å². The number of halogens is 1. The molecule has 3 rings (SSSR count). The average Bonchev–Trinajstić information content (AvgIpc) is 2.97. The standard InChI is InChI=1S/C17H14ClNO2/c18-14-8-6-12(7-9-14)15(20)10-17-19-11-16(21-17)13-4-2-1-3-5-13/h1-10,16,19H,11H2/b17-10-/t16-/m1/s1. The summed E-state index contributed by atoms with van der Waals surface area (Å²) in [5.74, 6) is 0.395. The lowest BCUT2D eigenvalue weighted by Gasteiger charge is -2.08. The summed E-state index contributed by atoms with van der Waals surface area (Å²) in [6.45, 7) is 0.656. The SMILES string of the molecule is O=C(/C=C1/NC[C@H](c2ccccc2)O1)c1ccc(Cl)cc1. The minimum absolute atomic E-state index is 0.0598. The summed E-state index contributed by atoms with van der Waals surface area (Å²) in [7, 11) is 0. The van der Waals surface area contributed by atoms with Crippen LogP contribution in [0.3, 0.4) is 0 Å². The van der Waals surface area contributed by atoms with Crippen molar-refractivity contribution in [2.24, 2.45) is 0 Å². The molecule has 2 aromatic carbocycles. The van der Waals surface area contributed by atoms with Crippen molar-refractivity contribution >= 4 is 17.4 Å². The highest BCUT2D eigenvalue weighted by Crippen LogP contribution is 2.24. The summed E-state index contributed by atoms with van der Waals surface area (Å²) in [6, 6.07) is 16.7. The molecule has 0 bridgehead atoms. The van der Waals surface area contributed by atoms with Crippen LogP contribution in [0.5, 0.6) is 0 Å². The van der Waals surface area contributed by atoms with E-state index in [1.54, 1.807) is 24.3 Å². The van der Waals surface area contributed by atoms with Gasteiger partial charge in [0.25, 0.3) is 0 Å². The van der Waals surface area contributed by atoms with E-state index in [4.69, 9.17) is 16.3 Å². The Morgan fingerprint density at radius 1 is 1.14 bits per heavy atom. The van der Waals surface area contributed by atoms with E-state index < -0.39 is 0 Å². The Morgan fingerprint density at radius 3 is 2.57 bits per heavy atom. The Labute approximate surface area is 128 Å². The van der Waals surface area contributed by atoms with Crippen molar-refractivity contribution in [3.8, 4) is 0 Å². The van der Waals surface area contributed by atoms with Gasteiger partial charge in [0.15, 0.2) is 11.7 Å². The van der Waals surface area contributed by atoms with E-state index in [9.17, 15) is 4.79 Å². The third kappa shape index (κ3) is 3.26. The Morgan fingerprint density at radius 2 is 1.86 bits per heavy atom.